The standard InChI is InChI=1S/C16H27N3O2/c1-3-20-16(10-5-4-6-11-16)15-18-14(21-19-15)12-8-7-9-13(12)17-2/h12-13,17H,3-11H2,1-2H3. The van der Waals surface area contributed by atoms with Crippen molar-refractivity contribution in [3.05, 3.63) is 11.7 Å². The van der Waals surface area contributed by atoms with Crippen LogP contribution in [-0.2, 0) is 10.3 Å². The van der Waals surface area contributed by atoms with Crippen LogP contribution < -0.4 is 5.32 Å². The average molecular weight is 293 g/mol. The van der Waals surface area contributed by atoms with Gasteiger partial charge in [-0.2, -0.15) is 4.98 Å². The molecule has 5 nitrogen and oxygen atoms in total. The molecule has 0 amide bonds. The molecule has 0 aromatic carbocycles. The Hall–Kier alpha value is -0.940. The fourth-order valence-electron chi connectivity index (χ4n) is 4.00. The van der Waals surface area contributed by atoms with E-state index < -0.39 is 0 Å². The molecule has 0 aliphatic heterocycles. The van der Waals surface area contributed by atoms with E-state index in [0.29, 0.717) is 18.6 Å². The lowest BCUT2D eigenvalue weighted by Crippen LogP contribution is -2.34. The average Bonchev–Trinajstić information content (AvgIpc) is 3.17. The molecule has 2 unspecified atom stereocenters. The quantitative estimate of drug-likeness (QED) is 0.904. The Bertz CT molecular complexity index is 449. The second-order valence-electron chi connectivity index (χ2n) is 6.38. The number of aromatic nitrogens is 2. The van der Waals surface area contributed by atoms with Crippen LogP contribution in [0.25, 0.3) is 0 Å². The van der Waals surface area contributed by atoms with Crippen molar-refractivity contribution in [2.45, 2.75) is 75.9 Å². The molecular weight excluding hydrogens is 266 g/mol. The van der Waals surface area contributed by atoms with E-state index in [4.69, 9.17) is 14.2 Å². The van der Waals surface area contributed by atoms with Crippen molar-refractivity contribution in [1.29, 1.82) is 0 Å². The summed E-state index contributed by atoms with van der Waals surface area (Å²) in [5.41, 5.74) is -0.303. The zero-order valence-electron chi connectivity index (χ0n) is 13.2. The molecule has 2 aliphatic carbocycles. The molecule has 1 aromatic heterocycles. The number of ether oxygens (including phenoxy) is 1. The van der Waals surface area contributed by atoms with Gasteiger partial charge in [-0.3, -0.25) is 0 Å². The molecule has 2 fully saturated rings. The number of nitrogens with zero attached hydrogens (tertiary/aromatic N) is 2. The van der Waals surface area contributed by atoms with Gasteiger partial charge >= 0.3 is 0 Å². The maximum Gasteiger partial charge on any atom is 0.231 e. The summed E-state index contributed by atoms with van der Waals surface area (Å²) >= 11 is 0. The molecule has 1 heterocycles. The minimum absolute atomic E-state index is 0.303. The SMILES string of the molecule is CCOC1(c2noc(C3CCCC3NC)n2)CCCCC1. The van der Waals surface area contributed by atoms with Gasteiger partial charge in [0, 0.05) is 12.6 Å². The lowest BCUT2D eigenvalue weighted by atomic mass is 9.84. The molecule has 1 aromatic rings. The van der Waals surface area contributed by atoms with Gasteiger partial charge in [-0.1, -0.05) is 30.8 Å². The Labute approximate surface area is 126 Å². The highest BCUT2D eigenvalue weighted by Gasteiger charge is 2.40. The predicted molar refractivity (Wildman–Crippen MR) is 80.1 cm³/mol. The molecule has 21 heavy (non-hydrogen) atoms. The van der Waals surface area contributed by atoms with E-state index >= 15 is 0 Å². The number of likely N-dealkylation sites (N-methyl/N-ethyl adjacent to an activating group) is 1. The van der Waals surface area contributed by atoms with Gasteiger partial charge in [0.05, 0.1) is 5.92 Å². The van der Waals surface area contributed by atoms with Crippen LogP contribution in [0.4, 0.5) is 0 Å². The van der Waals surface area contributed by atoms with Crippen LogP contribution in [0.1, 0.15) is 75.9 Å². The fraction of sp³-hybridized carbons (Fsp3) is 0.875. The van der Waals surface area contributed by atoms with Crippen molar-refractivity contribution in [2.75, 3.05) is 13.7 Å². The summed E-state index contributed by atoms with van der Waals surface area (Å²) < 4.78 is 11.7. The lowest BCUT2D eigenvalue weighted by molar-refractivity contribution is -0.0777. The van der Waals surface area contributed by atoms with Gasteiger partial charge in [0.15, 0.2) is 0 Å². The van der Waals surface area contributed by atoms with E-state index in [1.165, 1.54) is 32.1 Å². The van der Waals surface area contributed by atoms with Gasteiger partial charge < -0.3 is 14.6 Å². The molecule has 0 radical (unpaired) electrons. The maximum absolute atomic E-state index is 6.09. The number of rotatable bonds is 5. The largest absolute Gasteiger partial charge is 0.367 e. The highest BCUT2D eigenvalue weighted by molar-refractivity contribution is 5.08. The van der Waals surface area contributed by atoms with Crippen LogP contribution in [0, 0.1) is 0 Å². The monoisotopic (exact) mass is 293 g/mol. The molecule has 5 heteroatoms. The second-order valence-corrected chi connectivity index (χ2v) is 6.38. The van der Waals surface area contributed by atoms with Crippen molar-refractivity contribution in [1.82, 2.24) is 15.5 Å². The highest BCUT2D eigenvalue weighted by atomic mass is 16.5. The summed E-state index contributed by atoms with van der Waals surface area (Å²) in [5.74, 6) is 1.94. The fourth-order valence-corrected chi connectivity index (χ4v) is 4.00. The molecule has 118 valence electrons. The maximum atomic E-state index is 6.09. The number of nitrogens with one attached hydrogen (secondary N) is 1. The third-order valence-corrected chi connectivity index (χ3v) is 5.14. The van der Waals surface area contributed by atoms with Crippen molar-refractivity contribution in [2.24, 2.45) is 0 Å². The van der Waals surface area contributed by atoms with Crippen LogP contribution in [0.5, 0.6) is 0 Å². The van der Waals surface area contributed by atoms with E-state index in [-0.39, 0.29) is 5.60 Å². The molecular formula is C16H27N3O2. The highest BCUT2D eigenvalue weighted by Crippen LogP contribution is 2.40. The Morgan fingerprint density at radius 1 is 1.24 bits per heavy atom. The van der Waals surface area contributed by atoms with Crippen molar-refractivity contribution >= 4 is 0 Å². The Kier molecular flexibility index (Phi) is 4.60. The second kappa shape index (κ2) is 6.44. The Morgan fingerprint density at radius 3 is 2.76 bits per heavy atom. The summed E-state index contributed by atoms with van der Waals surface area (Å²) in [7, 11) is 2.02. The third kappa shape index (κ3) is 2.86. The van der Waals surface area contributed by atoms with Gasteiger partial charge in [0.25, 0.3) is 0 Å². The van der Waals surface area contributed by atoms with Gasteiger partial charge in [-0.15, -0.1) is 0 Å². The van der Waals surface area contributed by atoms with Crippen LogP contribution in [0.15, 0.2) is 4.52 Å². The van der Waals surface area contributed by atoms with E-state index in [2.05, 4.69) is 10.5 Å². The van der Waals surface area contributed by atoms with E-state index in [1.54, 1.807) is 0 Å². The molecule has 3 rings (SSSR count). The lowest BCUT2D eigenvalue weighted by Gasteiger charge is -2.33. The normalized spacial score (nSPS) is 28.9. The smallest absolute Gasteiger partial charge is 0.231 e. The summed E-state index contributed by atoms with van der Waals surface area (Å²) in [6, 6.07) is 0.465. The summed E-state index contributed by atoms with van der Waals surface area (Å²) in [5, 5.41) is 7.68. The van der Waals surface area contributed by atoms with Gasteiger partial charge in [0.1, 0.15) is 5.60 Å². The zero-order chi connectivity index (χ0) is 14.7. The molecule has 1 N–H and O–H groups in total. The van der Waals surface area contributed by atoms with E-state index in [1.807, 2.05) is 14.0 Å². The van der Waals surface area contributed by atoms with Crippen molar-refractivity contribution in [3.63, 3.8) is 0 Å². The molecule has 0 saturated heterocycles. The predicted octanol–water partition coefficient (Wildman–Crippen LogP) is 3.12. The molecule has 2 aliphatic rings. The number of hydrogen-bond donors (Lipinski definition) is 1. The van der Waals surface area contributed by atoms with E-state index in [0.717, 1.165) is 31.0 Å². The Balaban J connectivity index is 1.82. The van der Waals surface area contributed by atoms with Crippen molar-refractivity contribution in [3.8, 4) is 0 Å². The first-order valence-electron chi connectivity index (χ1n) is 8.44. The first-order valence-corrected chi connectivity index (χ1v) is 8.44. The summed E-state index contributed by atoms with van der Waals surface area (Å²) in [4.78, 5) is 4.76. The van der Waals surface area contributed by atoms with E-state index in [9.17, 15) is 0 Å². The zero-order valence-corrected chi connectivity index (χ0v) is 13.2. The summed E-state index contributed by atoms with van der Waals surface area (Å²) in [6.45, 7) is 2.75. The van der Waals surface area contributed by atoms with Gasteiger partial charge in [0.2, 0.25) is 11.7 Å². The third-order valence-electron chi connectivity index (χ3n) is 5.14. The van der Waals surface area contributed by atoms with Crippen LogP contribution in [0.2, 0.25) is 0 Å². The van der Waals surface area contributed by atoms with Crippen LogP contribution in [-0.4, -0.2) is 29.8 Å². The molecule has 0 bridgehead atoms. The first kappa shape index (κ1) is 15.0. The van der Waals surface area contributed by atoms with Gasteiger partial charge in [-0.25, -0.2) is 0 Å². The Morgan fingerprint density at radius 2 is 2.05 bits per heavy atom. The van der Waals surface area contributed by atoms with Gasteiger partial charge in [-0.05, 0) is 39.7 Å². The molecule has 0 spiro atoms. The van der Waals surface area contributed by atoms with Crippen LogP contribution in [0.3, 0.4) is 0 Å². The minimum Gasteiger partial charge on any atom is -0.367 e. The van der Waals surface area contributed by atoms with Crippen LogP contribution >= 0.6 is 0 Å². The topological polar surface area (TPSA) is 60.2 Å². The minimum atomic E-state index is -0.303. The summed E-state index contributed by atoms with van der Waals surface area (Å²) in [6.07, 6.45) is 9.23. The molecule has 2 saturated carbocycles. The number of hydrogen-bond acceptors (Lipinski definition) is 5. The molecule has 2 atom stereocenters. The first-order chi connectivity index (χ1) is 10.3. The van der Waals surface area contributed by atoms with Crippen molar-refractivity contribution < 1.29 is 9.26 Å².